The highest BCUT2D eigenvalue weighted by atomic mass is 19.1. The van der Waals surface area contributed by atoms with Gasteiger partial charge in [0.25, 0.3) is 5.91 Å². The Balaban J connectivity index is 1.57. The van der Waals surface area contributed by atoms with Crippen molar-refractivity contribution in [2.75, 3.05) is 36.4 Å². The number of amides is 2. The number of halogens is 2. The van der Waals surface area contributed by atoms with Gasteiger partial charge in [-0.2, -0.15) is 0 Å². The Labute approximate surface area is 197 Å². The first-order valence-electron chi connectivity index (χ1n) is 11.5. The van der Waals surface area contributed by atoms with Crippen molar-refractivity contribution >= 4 is 23.2 Å². The third-order valence-corrected chi connectivity index (χ3v) is 5.93. The van der Waals surface area contributed by atoms with E-state index in [1.54, 1.807) is 12.1 Å². The fourth-order valence-corrected chi connectivity index (χ4v) is 4.14. The molecule has 34 heavy (non-hydrogen) atoms. The highest BCUT2D eigenvalue weighted by Crippen LogP contribution is 2.28. The van der Waals surface area contributed by atoms with Crippen molar-refractivity contribution in [3.05, 3.63) is 83.5 Å². The van der Waals surface area contributed by atoms with Gasteiger partial charge in [0.05, 0.1) is 16.9 Å². The predicted octanol–water partition coefficient (Wildman–Crippen LogP) is 3.47. The number of anilines is 2. The number of nitrogens with zero attached hydrogens (tertiary/aromatic N) is 1. The maximum atomic E-state index is 14.2. The molecule has 0 aromatic heterocycles. The summed E-state index contributed by atoms with van der Waals surface area (Å²) in [7, 11) is 0. The monoisotopic (exact) mass is 466 g/mol. The largest absolute Gasteiger partial charge is 0.367 e. The van der Waals surface area contributed by atoms with E-state index in [9.17, 15) is 18.4 Å². The minimum Gasteiger partial charge on any atom is -0.367 e. The summed E-state index contributed by atoms with van der Waals surface area (Å²) in [5, 5.41) is 8.75. The zero-order chi connectivity index (χ0) is 23.9. The lowest BCUT2D eigenvalue weighted by Crippen LogP contribution is -2.46. The second-order valence-corrected chi connectivity index (χ2v) is 8.36. The molecule has 4 rings (SSSR count). The Hall–Kier alpha value is -3.52. The van der Waals surface area contributed by atoms with Gasteiger partial charge < -0.3 is 20.9 Å². The maximum absolute atomic E-state index is 14.2. The highest BCUT2D eigenvalue weighted by molar-refractivity contribution is 6.03. The molecule has 178 valence electrons. The summed E-state index contributed by atoms with van der Waals surface area (Å²) in [6.45, 7) is 3.01. The van der Waals surface area contributed by atoms with Gasteiger partial charge in [-0.1, -0.05) is 42.5 Å². The van der Waals surface area contributed by atoms with Crippen molar-refractivity contribution in [1.82, 2.24) is 10.6 Å². The molecule has 1 atom stereocenters. The number of allylic oxidation sites excluding steroid dienone is 2. The van der Waals surface area contributed by atoms with E-state index in [-0.39, 0.29) is 18.4 Å². The molecule has 1 unspecified atom stereocenters. The molecule has 2 aliphatic rings. The molecule has 2 aromatic carbocycles. The summed E-state index contributed by atoms with van der Waals surface area (Å²) in [6.07, 6.45) is 4.07. The van der Waals surface area contributed by atoms with Crippen molar-refractivity contribution in [3.63, 3.8) is 0 Å². The number of benzene rings is 2. The molecule has 1 aliphatic heterocycles. The molecule has 1 heterocycles. The van der Waals surface area contributed by atoms with Crippen LogP contribution in [0.1, 0.15) is 18.4 Å². The van der Waals surface area contributed by atoms with E-state index < -0.39 is 29.5 Å². The van der Waals surface area contributed by atoms with E-state index in [0.717, 1.165) is 31.7 Å². The Morgan fingerprint density at radius 1 is 1.06 bits per heavy atom. The van der Waals surface area contributed by atoms with Crippen LogP contribution >= 0.6 is 0 Å². The summed E-state index contributed by atoms with van der Waals surface area (Å²) in [5.41, 5.74) is 1.81. The highest BCUT2D eigenvalue weighted by Gasteiger charge is 2.26. The van der Waals surface area contributed by atoms with Crippen molar-refractivity contribution in [2.45, 2.75) is 25.3 Å². The lowest BCUT2D eigenvalue weighted by molar-refractivity contribution is -0.124. The van der Waals surface area contributed by atoms with Gasteiger partial charge in [0.1, 0.15) is 17.7 Å². The van der Waals surface area contributed by atoms with Crippen LogP contribution in [0.4, 0.5) is 20.2 Å². The van der Waals surface area contributed by atoms with Gasteiger partial charge >= 0.3 is 0 Å². The molecule has 1 saturated heterocycles. The molecule has 0 bridgehead atoms. The predicted molar refractivity (Wildman–Crippen MR) is 129 cm³/mol. The van der Waals surface area contributed by atoms with E-state index in [4.69, 9.17) is 0 Å². The number of hydrogen-bond donors (Lipinski definition) is 3. The summed E-state index contributed by atoms with van der Waals surface area (Å²) < 4.78 is 28.3. The Morgan fingerprint density at radius 2 is 1.82 bits per heavy atom. The van der Waals surface area contributed by atoms with Crippen LogP contribution in [0, 0.1) is 5.82 Å². The maximum Gasteiger partial charge on any atom is 0.254 e. The van der Waals surface area contributed by atoms with Crippen LogP contribution in [-0.4, -0.2) is 44.0 Å². The summed E-state index contributed by atoms with van der Waals surface area (Å²) in [6, 6.07) is 12.5. The zero-order valence-electron chi connectivity index (χ0n) is 18.8. The van der Waals surface area contributed by atoms with E-state index in [2.05, 4.69) is 20.9 Å². The molecule has 0 radical (unpaired) electrons. The van der Waals surface area contributed by atoms with Gasteiger partial charge in [-0.25, -0.2) is 8.78 Å². The van der Waals surface area contributed by atoms with Crippen molar-refractivity contribution in [2.24, 2.45) is 0 Å². The van der Waals surface area contributed by atoms with Gasteiger partial charge in [0.2, 0.25) is 5.91 Å². The summed E-state index contributed by atoms with van der Waals surface area (Å²) >= 11 is 0. The molecule has 0 saturated carbocycles. The Kier molecular flexibility index (Phi) is 7.69. The van der Waals surface area contributed by atoms with Crippen LogP contribution in [0.15, 0.2) is 72.1 Å². The lowest BCUT2D eigenvalue weighted by Gasteiger charge is -2.31. The molecule has 8 heteroatoms. The Morgan fingerprint density at radius 3 is 2.56 bits per heavy atom. The average Bonchev–Trinajstić information content (AvgIpc) is 2.85. The molecule has 2 aromatic rings. The molecule has 3 N–H and O–H groups in total. The molecule has 6 nitrogen and oxygen atoms in total. The first-order chi connectivity index (χ1) is 16.5. The fraction of sp³-hybridized carbons (Fsp3) is 0.308. The second-order valence-electron chi connectivity index (χ2n) is 8.36. The number of carbonyl (C=O) groups is 2. The summed E-state index contributed by atoms with van der Waals surface area (Å²) in [5.74, 6) is -2.12. The second kappa shape index (κ2) is 11.1. The molecule has 1 aliphatic carbocycles. The minimum absolute atomic E-state index is 0.0654. The Bertz CT molecular complexity index is 1100. The topological polar surface area (TPSA) is 73.5 Å². The summed E-state index contributed by atoms with van der Waals surface area (Å²) in [4.78, 5) is 28.2. The lowest BCUT2D eigenvalue weighted by atomic mass is 10.0. The third-order valence-electron chi connectivity index (χ3n) is 5.93. The van der Waals surface area contributed by atoms with E-state index in [0.29, 0.717) is 17.8 Å². The molecule has 1 fully saturated rings. The van der Waals surface area contributed by atoms with E-state index in [1.807, 2.05) is 30.3 Å². The first-order valence-corrected chi connectivity index (χ1v) is 11.5. The standard InChI is InChI=1S/C26H28F2N4O2/c27-19-10-11-24(32-14-12-29-13-15-32)22(17-19)30-26(34)23(16-18-6-2-1-3-7-18)31-25(33)20-8-4-5-9-21(20)28/h1-4,6-8,10-11,17,23,29H,5,9,12-16H2,(H,30,34)(H,31,33). The van der Waals surface area contributed by atoms with Gasteiger partial charge in [0.15, 0.2) is 0 Å². The van der Waals surface area contributed by atoms with Gasteiger partial charge in [-0.05, 0) is 30.2 Å². The van der Waals surface area contributed by atoms with Crippen LogP contribution in [0.2, 0.25) is 0 Å². The van der Waals surface area contributed by atoms with E-state index >= 15 is 0 Å². The number of piperazine rings is 1. The van der Waals surface area contributed by atoms with Crippen molar-refractivity contribution in [1.29, 1.82) is 0 Å². The number of rotatable bonds is 7. The molecule has 2 amide bonds. The van der Waals surface area contributed by atoms with Crippen LogP contribution in [0.25, 0.3) is 0 Å². The third kappa shape index (κ3) is 5.88. The molecule has 0 spiro atoms. The number of nitrogens with one attached hydrogen (secondary N) is 3. The SMILES string of the molecule is O=C(NC(Cc1ccccc1)C(=O)Nc1cc(F)ccc1N1CCNCC1)C1=C(F)CCC=C1. The van der Waals surface area contributed by atoms with Gasteiger partial charge in [0, 0.05) is 39.0 Å². The minimum atomic E-state index is -0.982. The van der Waals surface area contributed by atoms with Crippen molar-refractivity contribution < 1.29 is 18.4 Å². The van der Waals surface area contributed by atoms with Crippen LogP contribution in [0.5, 0.6) is 0 Å². The molecular weight excluding hydrogens is 438 g/mol. The zero-order valence-corrected chi connectivity index (χ0v) is 18.8. The number of hydrogen-bond acceptors (Lipinski definition) is 4. The first kappa shape index (κ1) is 23.6. The van der Waals surface area contributed by atoms with Crippen LogP contribution in [-0.2, 0) is 16.0 Å². The van der Waals surface area contributed by atoms with Gasteiger partial charge in [-0.15, -0.1) is 0 Å². The van der Waals surface area contributed by atoms with Gasteiger partial charge in [-0.3, -0.25) is 9.59 Å². The fourth-order valence-electron chi connectivity index (χ4n) is 4.14. The molecular formula is C26H28F2N4O2. The van der Waals surface area contributed by atoms with E-state index in [1.165, 1.54) is 18.2 Å². The average molecular weight is 467 g/mol. The number of carbonyl (C=O) groups excluding carboxylic acids is 2. The van der Waals surface area contributed by atoms with Crippen LogP contribution in [0.3, 0.4) is 0 Å². The van der Waals surface area contributed by atoms with Crippen molar-refractivity contribution in [3.8, 4) is 0 Å². The quantitative estimate of drug-likeness (QED) is 0.584. The smallest absolute Gasteiger partial charge is 0.254 e. The van der Waals surface area contributed by atoms with Crippen LogP contribution < -0.4 is 20.9 Å². The normalized spacial score (nSPS) is 16.8.